The van der Waals surface area contributed by atoms with E-state index < -0.39 is 0 Å². The lowest BCUT2D eigenvalue weighted by Gasteiger charge is -2.27. The fraction of sp³-hybridized carbons (Fsp3) is 0.800. The van der Waals surface area contributed by atoms with Crippen molar-refractivity contribution in [3.63, 3.8) is 0 Å². The Morgan fingerprint density at radius 1 is 1.18 bits per heavy atom. The number of hydrogen-bond donors (Lipinski definition) is 1. The summed E-state index contributed by atoms with van der Waals surface area (Å²) in [5, 5.41) is 9.63. The van der Waals surface area contributed by atoms with Gasteiger partial charge in [-0.2, -0.15) is 0 Å². The lowest BCUT2D eigenvalue weighted by atomic mass is 9.80. The first-order chi connectivity index (χ1) is 5.36. The van der Waals surface area contributed by atoms with Crippen molar-refractivity contribution in [1.82, 2.24) is 0 Å². The number of allylic oxidation sites excluding steroid dienone is 2. The van der Waals surface area contributed by atoms with Gasteiger partial charge in [-0.25, -0.2) is 0 Å². The Morgan fingerprint density at radius 2 is 2.09 bits per heavy atom. The lowest BCUT2D eigenvalue weighted by Crippen LogP contribution is -2.27. The summed E-state index contributed by atoms with van der Waals surface area (Å²) in [5.74, 6) is 3.16. The van der Waals surface area contributed by atoms with Gasteiger partial charge in [-0.3, -0.25) is 0 Å². The predicted octanol–water partition coefficient (Wildman–Crippen LogP) is 1.58. The summed E-state index contributed by atoms with van der Waals surface area (Å²) in [4.78, 5) is 0. The van der Waals surface area contributed by atoms with Gasteiger partial charge in [0.2, 0.25) is 0 Å². The zero-order valence-corrected chi connectivity index (χ0v) is 6.61. The summed E-state index contributed by atoms with van der Waals surface area (Å²) < 4.78 is 0. The highest BCUT2D eigenvalue weighted by Crippen LogP contribution is 2.56. The molecule has 0 aliphatic heterocycles. The number of fused-ring (bicyclic) bond motifs is 5. The maximum atomic E-state index is 9.63. The van der Waals surface area contributed by atoms with Crippen LogP contribution in [0, 0.1) is 23.7 Å². The zero-order chi connectivity index (χ0) is 7.42. The third kappa shape index (κ3) is 0.652. The van der Waals surface area contributed by atoms with Crippen LogP contribution < -0.4 is 0 Å². The van der Waals surface area contributed by atoms with E-state index in [1.165, 1.54) is 12.8 Å². The molecular weight excluding hydrogens is 136 g/mol. The summed E-state index contributed by atoms with van der Waals surface area (Å²) in [6.45, 7) is 0. The Morgan fingerprint density at radius 3 is 3.00 bits per heavy atom. The van der Waals surface area contributed by atoms with E-state index >= 15 is 0 Å². The molecule has 0 heterocycles. The van der Waals surface area contributed by atoms with Crippen molar-refractivity contribution in [3.8, 4) is 0 Å². The molecule has 0 aromatic heterocycles. The monoisotopic (exact) mass is 150 g/mol. The Kier molecular flexibility index (Phi) is 1.07. The van der Waals surface area contributed by atoms with E-state index in [1.807, 2.05) is 0 Å². The molecule has 2 fully saturated rings. The Bertz CT molecular complexity index is 209. The van der Waals surface area contributed by atoms with Gasteiger partial charge in [-0.15, -0.1) is 0 Å². The van der Waals surface area contributed by atoms with Crippen LogP contribution in [0.3, 0.4) is 0 Å². The van der Waals surface area contributed by atoms with Crippen molar-refractivity contribution >= 4 is 0 Å². The van der Waals surface area contributed by atoms with Crippen LogP contribution in [-0.4, -0.2) is 11.2 Å². The van der Waals surface area contributed by atoms with Gasteiger partial charge in [0.05, 0.1) is 6.10 Å². The van der Waals surface area contributed by atoms with Gasteiger partial charge in [0.25, 0.3) is 0 Å². The molecule has 3 aliphatic rings. The van der Waals surface area contributed by atoms with Crippen LogP contribution >= 0.6 is 0 Å². The molecule has 2 saturated carbocycles. The second-order valence-electron chi connectivity index (χ2n) is 4.37. The highest BCUT2D eigenvalue weighted by atomic mass is 16.3. The topological polar surface area (TPSA) is 20.2 Å². The normalized spacial score (nSPS) is 58.8. The molecular formula is C10H14O. The molecule has 3 aliphatic carbocycles. The van der Waals surface area contributed by atoms with E-state index in [9.17, 15) is 5.11 Å². The van der Waals surface area contributed by atoms with Crippen LogP contribution in [0.15, 0.2) is 12.2 Å². The van der Waals surface area contributed by atoms with Crippen LogP contribution in [0.1, 0.15) is 19.3 Å². The molecule has 5 atom stereocenters. The van der Waals surface area contributed by atoms with Gasteiger partial charge < -0.3 is 5.11 Å². The van der Waals surface area contributed by atoms with Gasteiger partial charge in [-0.1, -0.05) is 12.2 Å². The van der Waals surface area contributed by atoms with E-state index in [0.717, 1.165) is 24.2 Å². The number of hydrogen-bond acceptors (Lipinski definition) is 1. The standard InChI is InChI=1S/C10H14O/c11-10-5-6-4-9(10)8-3-1-2-7(6)8/h1,3,6-11H,2,4-5H2/t6-,7+,8+,9-,10-/m0/s1. The quantitative estimate of drug-likeness (QED) is 0.520. The molecule has 1 nitrogen and oxygen atoms in total. The van der Waals surface area contributed by atoms with E-state index in [2.05, 4.69) is 12.2 Å². The molecule has 1 N–H and O–H groups in total. The molecule has 3 rings (SSSR count). The van der Waals surface area contributed by atoms with Crippen LogP contribution in [-0.2, 0) is 0 Å². The zero-order valence-electron chi connectivity index (χ0n) is 6.61. The molecule has 0 radical (unpaired) electrons. The van der Waals surface area contributed by atoms with E-state index in [0.29, 0.717) is 5.92 Å². The van der Waals surface area contributed by atoms with Crippen molar-refractivity contribution < 1.29 is 5.11 Å². The third-order valence-electron chi connectivity index (χ3n) is 3.97. The first-order valence-corrected chi connectivity index (χ1v) is 4.71. The highest BCUT2D eigenvalue weighted by molar-refractivity contribution is 5.14. The van der Waals surface area contributed by atoms with Crippen molar-refractivity contribution in [3.05, 3.63) is 12.2 Å². The SMILES string of the molecule is O[C@H]1C[C@@H]2C[C@H]1[C@@H]1C=CC[C@H]21. The third-order valence-corrected chi connectivity index (χ3v) is 3.97. The van der Waals surface area contributed by atoms with Gasteiger partial charge in [0, 0.05) is 0 Å². The summed E-state index contributed by atoms with van der Waals surface area (Å²) in [7, 11) is 0. The van der Waals surface area contributed by atoms with Crippen molar-refractivity contribution in [1.29, 1.82) is 0 Å². The first-order valence-electron chi connectivity index (χ1n) is 4.71. The molecule has 0 spiro atoms. The first kappa shape index (κ1) is 6.24. The van der Waals surface area contributed by atoms with Crippen molar-refractivity contribution in [2.45, 2.75) is 25.4 Å². The number of aliphatic hydroxyl groups excluding tert-OH is 1. The minimum Gasteiger partial charge on any atom is -0.393 e. The molecule has 2 bridgehead atoms. The molecule has 60 valence electrons. The van der Waals surface area contributed by atoms with Crippen LogP contribution in [0.5, 0.6) is 0 Å². The molecule has 0 saturated heterocycles. The summed E-state index contributed by atoms with van der Waals surface area (Å²) in [6.07, 6.45) is 8.38. The van der Waals surface area contributed by atoms with Crippen molar-refractivity contribution in [2.24, 2.45) is 23.7 Å². The molecule has 0 aromatic rings. The van der Waals surface area contributed by atoms with Crippen LogP contribution in [0.4, 0.5) is 0 Å². The Balaban J connectivity index is 1.94. The fourth-order valence-electron chi connectivity index (χ4n) is 3.51. The molecule has 11 heavy (non-hydrogen) atoms. The highest BCUT2D eigenvalue weighted by Gasteiger charge is 2.51. The summed E-state index contributed by atoms with van der Waals surface area (Å²) >= 11 is 0. The molecule has 1 heteroatoms. The van der Waals surface area contributed by atoms with Gasteiger partial charge in [-0.05, 0) is 42.9 Å². The van der Waals surface area contributed by atoms with E-state index in [1.54, 1.807) is 0 Å². The summed E-state index contributed by atoms with van der Waals surface area (Å²) in [5.41, 5.74) is 0. The number of rotatable bonds is 0. The van der Waals surface area contributed by atoms with Gasteiger partial charge in [0.15, 0.2) is 0 Å². The van der Waals surface area contributed by atoms with Gasteiger partial charge >= 0.3 is 0 Å². The second-order valence-corrected chi connectivity index (χ2v) is 4.37. The Labute approximate surface area is 67.1 Å². The average molecular weight is 150 g/mol. The molecule has 0 amide bonds. The summed E-state index contributed by atoms with van der Waals surface area (Å²) in [6, 6.07) is 0. The van der Waals surface area contributed by atoms with E-state index in [4.69, 9.17) is 0 Å². The minimum absolute atomic E-state index is 0.0315. The second kappa shape index (κ2) is 1.89. The van der Waals surface area contributed by atoms with Gasteiger partial charge in [0.1, 0.15) is 0 Å². The van der Waals surface area contributed by atoms with E-state index in [-0.39, 0.29) is 6.10 Å². The maximum Gasteiger partial charge on any atom is 0.0577 e. The number of aliphatic hydroxyl groups is 1. The largest absolute Gasteiger partial charge is 0.393 e. The lowest BCUT2D eigenvalue weighted by molar-refractivity contribution is 0.0746. The Hall–Kier alpha value is -0.300. The maximum absolute atomic E-state index is 9.63. The smallest absolute Gasteiger partial charge is 0.0577 e. The average Bonchev–Trinajstić information content (AvgIpc) is 2.52. The van der Waals surface area contributed by atoms with Crippen molar-refractivity contribution in [2.75, 3.05) is 0 Å². The minimum atomic E-state index is 0.0315. The van der Waals surface area contributed by atoms with Crippen LogP contribution in [0.25, 0.3) is 0 Å². The molecule has 0 aromatic carbocycles. The predicted molar refractivity (Wildman–Crippen MR) is 43.0 cm³/mol. The van der Waals surface area contributed by atoms with Crippen LogP contribution in [0.2, 0.25) is 0 Å². The fourth-order valence-corrected chi connectivity index (χ4v) is 3.51. The molecule has 0 unspecified atom stereocenters.